The molecule has 0 atom stereocenters. The first-order chi connectivity index (χ1) is 8.85. The number of rotatable bonds is 5. The molecule has 0 spiro atoms. The normalized spacial score (nSPS) is 14.9. The largest absolute Gasteiger partial charge is 0.390 e. The first-order valence-electron chi connectivity index (χ1n) is 6.04. The number of aliphatic hydroxyl groups is 1. The predicted molar refractivity (Wildman–Crippen MR) is 69.6 cm³/mol. The molecule has 1 N–H and O–H groups in total. The molecule has 1 saturated carbocycles. The number of thiazole rings is 1. The Hall–Kier alpha value is -1.58. The summed E-state index contributed by atoms with van der Waals surface area (Å²) in [4.78, 5) is 7.67. The van der Waals surface area contributed by atoms with Gasteiger partial charge in [0.1, 0.15) is 0 Å². The molecule has 1 fully saturated rings. The number of anilines is 1. The fraction of sp³-hybridized carbons (Fsp3) is 0.500. The third kappa shape index (κ3) is 1.85. The van der Waals surface area contributed by atoms with E-state index in [1.54, 1.807) is 11.3 Å². The molecule has 0 unspecified atom stereocenters. The van der Waals surface area contributed by atoms with Gasteiger partial charge < -0.3 is 10.0 Å². The van der Waals surface area contributed by atoms with Gasteiger partial charge in [0.05, 0.1) is 24.8 Å². The van der Waals surface area contributed by atoms with Crippen molar-refractivity contribution in [3.63, 3.8) is 0 Å². The zero-order valence-electron chi connectivity index (χ0n) is 9.91. The Kier molecular flexibility index (Phi) is 2.94. The van der Waals surface area contributed by atoms with Crippen LogP contribution in [0.15, 0.2) is 11.6 Å². The van der Waals surface area contributed by atoms with E-state index in [0.29, 0.717) is 19.0 Å². The molecule has 0 aliphatic heterocycles. The molecule has 0 amide bonds. The van der Waals surface area contributed by atoms with Crippen LogP contribution in [0.3, 0.4) is 0 Å². The van der Waals surface area contributed by atoms with Crippen LogP contribution in [-0.2, 0) is 6.61 Å². The zero-order valence-corrected chi connectivity index (χ0v) is 10.7. The van der Waals surface area contributed by atoms with Crippen LogP contribution in [0.25, 0.3) is 4.96 Å². The van der Waals surface area contributed by atoms with E-state index in [-0.39, 0.29) is 6.61 Å². The second-order valence-corrected chi connectivity index (χ2v) is 5.30. The van der Waals surface area contributed by atoms with Gasteiger partial charge in [0, 0.05) is 24.2 Å². The Bertz CT molecular complexity index is 593. The van der Waals surface area contributed by atoms with Crippen molar-refractivity contribution >= 4 is 22.1 Å². The molecular formula is C12H14N4OS. The van der Waals surface area contributed by atoms with Crippen LogP contribution in [0, 0.1) is 11.3 Å². The SMILES string of the molecule is N#CCCN(c1nc2sccn2c1CO)C1CC1. The van der Waals surface area contributed by atoms with Gasteiger partial charge in [-0.15, -0.1) is 11.3 Å². The minimum atomic E-state index is -0.0248. The molecule has 0 radical (unpaired) electrons. The maximum absolute atomic E-state index is 9.55. The fourth-order valence-corrected chi connectivity index (χ4v) is 2.94. The Morgan fingerprint density at radius 2 is 2.44 bits per heavy atom. The molecule has 5 nitrogen and oxygen atoms in total. The van der Waals surface area contributed by atoms with Gasteiger partial charge in [-0.3, -0.25) is 4.40 Å². The topological polar surface area (TPSA) is 64.6 Å². The minimum Gasteiger partial charge on any atom is -0.390 e. The molecule has 0 bridgehead atoms. The lowest BCUT2D eigenvalue weighted by Crippen LogP contribution is -2.28. The zero-order chi connectivity index (χ0) is 12.5. The third-order valence-corrected chi connectivity index (χ3v) is 3.97. The smallest absolute Gasteiger partial charge is 0.195 e. The molecular weight excluding hydrogens is 248 g/mol. The molecule has 18 heavy (non-hydrogen) atoms. The van der Waals surface area contributed by atoms with Gasteiger partial charge in [0.25, 0.3) is 0 Å². The molecule has 0 aromatic carbocycles. The maximum Gasteiger partial charge on any atom is 0.195 e. The van der Waals surface area contributed by atoms with E-state index in [4.69, 9.17) is 5.26 Å². The summed E-state index contributed by atoms with van der Waals surface area (Å²) in [7, 11) is 0. The van der Waals surface area contributed by atoms with Gasteiger partial charge in [-0.2, -0.15) is 5.26 Å². The number of hydrogen-bond donors (Lipinski definition) is 1. The maximum atomic E-state index is 9.55. The summed E-state index contributed by atoms with van der Waals surface area (Å²) in [5.74, 6) is 0.849. The van der Waals surface area contributed by atoms with Crippen molar-refractivity contribution in [2.45, 2.75) is 31.9 Å². The van der Waals surface area contributed by atoms with Gasteiger partial charge >= 0.3 is 0 Å². The van der Waals surface area contributed by atoms with Crippen LogP contribution in [0.5, 0.6) is 0 Å². The van der Waals surface area contributed by atoms with Crippen molar-refractivity contribution in [2.24, 2.45) is 0 Å². The van der Waals surface area contributed by atoms with Crippen LogP contribution in [0.4, 0.5) is 5.82 Å². The van der Waals surface area contributed by atoms with E-state index in [9.17, 15) is 5.11 Å². The highest BCUT2D eigenvalue weighted by Gasteiger charge is 2.32. The van der Waals surface area contributed by atoms with Gasteiger partial charge in [-0.25, -0.2) is 4.98 Å². The van der Waals surface area contributed by atoms with Gasteiger partial charge in [0.2, 0.25) is 0 Å². The molecule has 3 rings (SSSR count). The lowest BCUT2D eigenvalue weighted by molar-refractivity contribution is 0.276. The van der Waals surface area contributed by atoms with Crippen molar-refractivity contribution in [3.8, 4) is 6.07 Å². The molecule has 0 saturated heterocycles. The van der Waals surface area contributed by atoms with Gasteiger partial charge in [-0.1, -0.05) is 0 Å². The minimum absolute atomic E-state index is 0.0248. The second kappa shape index (κ2) is 4.59. The summed E-state index contributed by atoms with van der Waals surface area (Å²) >= 11 is 1.56. The summed E-state index contributed by atoms with van der Waals surface area (Å²) in [6.07, 6.45) is 4.73. The van der Waals surface area contributed by atoms with Crippen LogP contribution in [0.2, 0.25) is 0 Å². The number of imidazole rings is 1. The molecule has 2 aromatic rings. The quantitative estimate of drug-likeness (QED) is 0.892. The van der Waals surface area contributed by atoms with Crippen LogP contribution in [-0.4, -0.2) is 27.1 Å². The van der Waals surface area contributed by atoms with Crippen molar-refractivity contribution in [1.29, 1.82) is 5.26 Å². The summed E-state index contributed by atoms with van der Waals surface area (Å²) in [5.41, 5.74) is 0.830. The Balaban J connectivity index is 1.99. The van der Waals surface area contributed by atoms with E-state index in [2.05, 4.69) is 16.0 Å². The Morgan fingerprint density at radius 3 is 3.11 bits per heavy atom. The third-order valence-electron chi connectivity index (χ3n) is 3.21. The summed E-state index contributed by atoms with van der Waals surface area (Å²) in [6, 6.07) is 2.67. The number of hydrogen-bond acceptors (Lipinski definition) is 5. The Labute approximate surface area is 109 Å². The van der Waals surface area contributed by atoms with E-state index in [1.165, 1.54) is 0 Å². The van der Waals surface area contributed by atoms with Crippen LogP contribution >= 0.6 is 11.3 Å². The number of fused-ring (bicyclic) bond motifs is 1. The number of nitrogens with zero attached hydrogens (tertiary/aromatic N) is 4. The highest BCUT2D eigenvalue weighted by Crippen LogP contribution is 2.34. The van der Waals surface area contributed by atoms with Gasteiger partial charge in [-0.05, 0) is 12.8 Å². The summed E-state index contributed by atoms with van der Waals surface area (Å²) < 4.78 is 1.93. The van der Waals surface area contributed by atoms with E-state index in [0.717, 1.165) is 29.3 Å². The number of aliphatic hydroxyl groups excluding tert-OH is 1. The van der Waals surface area contributed by atoms with Crippen molar-refractivity contribution in [1.82, 2.24) is 9.38 Å². The molecule has 94 valence electrons. The van der Waals surface area contributed by atoms with Crippen molar-refractivity contribution in [2.75, 3.05) is 11.4 Å². The van der Waals surface area contributed by atoms with E-state index in [1.807, 2.05) is 16.0 Å². The molecule has 1 aliphatic carbocycles. The Morgan fingerprint density at radius 1 is 1.61 bits per heavy atom. The van der Waals surface area contributed by atoms with Crippen molar-refractivity contribution < 1.29 is 5.11 Å². The molecule has 6 heteroatoms. The second-order valence-electron chi connectivity index (χ2n) is 4.43. The number of nitriles is 1. The van der Waals surface area contributed by atoms with Gasteiger partial charge in [0.15, 0.2) is 10.8 Å². The lowest BCUT2D eigenvalue weighted by Gasteiger charge is -2.21. The van der Waals surface area contributed by atoms with Crippen LogP contribution < -0.4 is 4.90 Å². The standard InChI is InChI=1S/C12H14N4OS/c13-4-1-5-15(9-2-3-9)11-10(8-17)16-6-7-18-12(16)14-11/h6-7,9,17H,1-3,5,8H2. The van der Waals surface area contributed by atoms with Crippen molar-refractivity contribution in [3.05, 3.63) is 17.3 Å². The average molecular weight is 262 g/mol. The van der Waals surface area contributed by atoms with E-state index >= 15 is 0 Å². The average Bonchev–Trinajstić information content (AvgIpc) is 3.00. The molecule has 1 aliphatic rings. The summed E-state index contributed by atoms with van der Waals surface area (Å²) in [6.45, 7) is 0.669. The van der Waals surface area contributed by atoms with Crippen LogP contribution in [0.1, 0.15) is 25.0 Å². The fourth-order valence-electron chi connectivity index (χ4n) is 2.22. The first kappa shape index (κ1) is 11.5. The number of aromatic nitrogens is 2. The van der Waals surface area contributed by atoms with E-state index < -0.39 is 0 Å². The molecule has 2 aromatic heterocycles. The molecule has 2 heterocycles. The lowest BCUT2D eigenvalue weighted by atomic mass is 10.3. The first-order valence-corrected chi connectivity index (χ1v) is 6.92. The highest BCUT2D eigenvalue weighted by molar-refractivity contribution is 7.15. The summed E-state index contributed by atoms with van der Waals surface area (Å²) in [5, 5.41) is 20.3. The predicted octanol–water partition coefficient (Wildman–Crippen LogP) is 1.77. The monoisotopic (exact) mass is 262 g/mol. The highest BCUT2D eigenvalue weighted by atomic mass is 32.1.